The van der Waals surface area contributed by atoms with Crippen LogP contribution in [0.5, 0.6) is 0 Å². The number of unbranched alkanes of at least 4 members (excludes halogenated alkanes) is 1. The molecule has 5 rings (SSSR count). The van der Waals surface area contributed by atoms with Crippen LogP contribution in [-0.4, -0.2) is 52.9 Å². The molecule has 2 aliphatic heterocycles. The van der Waals surface area contributed by atoms with Crippen molar-refractivity contribution in [2.24, 2.45) is 5.92 Å². The number of hydrogen-bond donors (Lipinski definition) is 1. The number of H-pyrrole nitrogens is 1. The zero-order valence-corrected chi connectivity index (χ0v) is 20.0. The van der Waals surface area contributed by atoms with Gasteiger partial charge >= 0.3 is 0 Å². The average molecular weight is 451 g/mol. The first-order chi connectivity index (χ1) is 15.6. The first-order valence-electron chi connectivity index (χ1n) is 12.1. The number of aromatic nitrogens is 2. The molecule has 2 aromatic heterocycles. The van der Waals surface area contributed by atoms with Crippen molar-refractivity contribution in [2.45, 2.75) is 64.0 Å². The Morgan fingerprint density at radius 2 is 2.03 bits per heavy atom. The number of fused-ring (bicyclic) bond motifs is 3. The van der Waals surface area contributed by atoms with E-state index in [1.54, 1.807) is 11.3 Å². The minimum absolute atomic E-state index is 0.256. The first kappa shape index (κ1) is 21.7. The third kappa shape index (κ3) is 4.35. The number of nitrogens with one attached hydrogen (secondary N) is 1. The fourth-order valence-corrected chi connectivity index (χ4v) is 6.44. The van der Waals surface area contributed by atoms with Crippen LogP contribution in [-0.2, 0) is 6.42 Å². The average Bonchev–Trinajstić information content (AvgIpc) is 3.49. The summed E-state index contributed by atoms with van der Waals surface area (Å²) in [5.41, 5.74) is 2.50. The number of carbonyl (C=O) groups is 1. The Hall–Kier alpha value is -2.18. The third-order valence-corrected chi connectivity index (χ3v) is 8.61. The number of likely N-dealkylation sites (N-methyl/N-ethyl adjacent to an activating group) is 1. The third-order valence-electron chi connectivity index (χ3n) is 7.51. The molecule has 0 saturated carbocycles. The van der Waals surface area contributed by atoms with Crippen LogP contribution in [0.15, 0.2) is 36.7 Å². The molecular weight excluding hydrogens is 416 g/mol. The molecule has 3 atom stereocenters. The molecule has 0 spiro atoms. The van der Waals surface area contributed by atoms with Crippen molar-refractivity contribution in [3.05, 3.63) is 47.1 Å². The van der Waals surface area contributed by atoms with Gasteiger partial charge in [0.25, 0.3) is 0 Å². The largest absolute Gasteiger partial charge is 0.361 e. The Labute approximate surface area is 194 Å². The van der Waals surface area contributed by atoms with E-state index in [1.807, 2.05) is 6.20 Å². The van der Waals surface area contributed by atoms with Gasteiger partial charge in [-0.25, -0.2) is 4.98 Å². The molecule has 0 aliphatic carbocycles. The van der Waals surface area contributed by atoms with E-state index >= 15 is 0 Å². The molecule has 1 aromatic carbocycles. The second-order valence-electron chi connectivity index (χ2n) is 9.66. The summed E-state index contributed by atoms with van der Waals surface area (Å²) in [5.74, 6) is 0.624. The molecule has 2 fully saturated rings. The first-order valence-corrected chi connectivity index (χ1v) is 12.9. The van der Waals surface area contributed by atoms with Gasteiger partial charge in [0.15, 0.2) is 10.9 Å². The van der Waals surface area contributed by atoms with E-state index in [2.05, 4.69) is 64.2 Å². The van der Waals surface area contributed by atoms with Crippen LogP contribution in [0.4, 0.5) is 5.13 Å². The minimum Gasteiger partial charge on any atom is -0.361 e. The van der Waals surface area contributed by atoms with Crippen molar-refractivity contribution in [3.8, 4) is 0 Å². The van der Waals surface area contributed by atoms with Crippen LogP contribution in [0.3, 0.4) is 0 Å². The lowest BCUT2D eigenvalue weighted by molar-refractivity contribution is 0.0962. The number of piperazine rings is 1. The van der Waals surface area contributed by atoms with Crippen molar-refractivity contribution < 1.29 is 4.79 Å². The molecule has 2 saturated heterocycles. The number of hydrogen-bond acceptors (Lipinski definition) is 5. The lowest BCUT2D eigenvalue weighted by atomic mass is 9.89. The van der Waals surface area contributed by atoms with E-state index in [1.165, 1.54) is 29.3 Å². The number of Topliss-reactive ketones (excluding diaryl/α,β-unsaturated/α-hetero) is 1. The maximum atomic E-state index is 13.2. The number of aromatic amines is 1. The monoisotopic (exact) mass is 450 g/mol. The molecule has 5 nitrogen and oxygen atoms in total. The molecule has 3 unspecified atom stereocenters. The molecule has 6 heteroatoms. The second kappa shape index (κ2) is 9.36. The van der Waals surface area contributed by atoms with E-state index in [0.717, 1.165) is 48.8 Å². The van der Waals surface area contributed by atoms with Gasteiger partial charge in [0.2, 0.25) is 0 Å². The van der Waals surface area contributed by atoms with Crippen LogP contribution in [0.1, 0.15) is 60.7 Å². The quantitative estimate of drug-likeness (QED) is 0.436. The zero-order chi connectivity index (χ0) is 22.1. The van der Waals surface area contributed by atoms with E-state index < -0.39 is 0 Å². The molecule has 4 heterocycles. The number of thiazole rings is 1. The molecule has 170 valence electrons. The van der Waals surface area contributed by atoms with Crippen molar-refractivity contribution in [1.29, 1.82) is 0 Å². The van der Waals surface area contributed by atoms with Crippen LogP contribution < -0.4 is 4.90 Å². The summed E-state index contributed by atoms with van der Waals surface area (Å²) in [4.78, 5) is 27.1. The lowest BCUT2D eigenvalue weighted by Gasteiger charge is -2.38. The Morgan fingerprint density at radius 3 is 2.81 bits per heavy atom. The number of anilines is 1. The molecule has 32 heavy (non-hydrogen) atoms. The summed E-state index contributed by atoms with van der Waals surface area (Å²) in [7, 11) is 2.25. The minimum atomic E-state index is 0.256. The fourth-order valence-electron chi connectivity index (χ4n) is 5.55. The Bertz CT molecular complexity index is 1060. The second-order valence-corrected chi connectivity index (χ2v) is 10.7. The van der Waals surface area contributed by atoms with Gasteiger partial charge in [0.05, 0.1) is 11.1 Å². The van der Waals surface area contributed by atoms with Gasteiger partial charge in [-0.1, -0.05) is 49.3 Å². The van der Waals surface area contributed by atoms with E-state index in [0.29, 0.717) is 24.4 Å². The predicted octanol–water partition coefficient (Wildman–Crippen LogP) is 5.53. The van der Waals surface area contributed by atoms with Crippen LogP contribution in [0.25, 0.3) is 10.9 Å². The summed E-state index contributed by atoms with van der Waals surface area (Å²) >= 11 is 1.60. The standard InChI is InChI=1S/C26H34N4OS/c1-3-4-7-18(12-19-14-27-23-9-6-5-8-22(19)23)13-24(31)25-15-28-26(32-25)30-16-20-10-11-21(17-30)29(20)2/h5-6,8-9,14-15,18,20-21,27H,3-4,7,10-13,16-17H2,1-2H3. The molecule has 2 aliphatic rings. The SMILES string of the molecule is CCCCC(CC(=O)c1cnc(N2CC3CCC(C2)N3C)s1)Cc1c[nH]c2ccccc12. The number of carbonyl (C=O) groups excluding carboxylic acids is 1. The molecule has 0 amide bonds. The zero-order valence-electron chi connectivity index (χ0n) is 19.2. The van der Waals surface area contributed by atoms with Crippen LogP contribution in [0.2, 0.25) is 0 Å². The van der Waals surface area contributed by atoms with Crippen molar-refractivity contribution in [1.82, 2.24) is 14.9 Å². The predicted molar refractivity (Wildman–Crippen MR) is 133 cm³/mol. The lowest BCUT2D eigenvalue weighted by Crippen LogP contribution is -2.51. The van der Waals surface area contributed by atoms with E-state index in [-0.39, 0.29) is 5.78 Å². The molecular formula is C26H34N4OS. The van der Waals surface area contributed by atoms with Crippen molar-refractivity contribution in [3.63, 3.8) is 0 Å². The topological polar surface area (TPSA) is 52.2 Å². The van der Waals surface area contributed by atoms with Crippen LogP contribution >= 0.6 is 11.3 Å². The number of rotatable bonds is 9. The summed E-state index contributed by atoms with van der Waals surface area (Å²) in [6, 6.07) is 9.72. The number of benzene rings is 1. The van der Waals surface area contributed by atoms with Crippen molar-refractivity contribution >= 4 is 33.2 Å². The maximum Gasteiger partial charge on any atom is 0.186 e. The Balaban J connectivity index is 1.26. The summed E-state index contributed by atoms with van der Waals surface area (Å²) in [5, 5.41) is 2.31. The Morgan fingerprint density at radius 1 is 1.25 bits per heavy atom. The van der Waals surface area contributed by atoms with Gasteiger partial charge in [-0.2, -0.15) is 0 Å². The molecule has 0 radical (unpaired) electrons. The van der Waals surface area contributed by atoms with Gasteiger partial charge in [0, 0.05) is 48.7 Å². The highest BCUT2D eigenvalue weighted by Gasteiger charge is 2.38. The molecule has 3 aromatic rings. The van der Waals surface area contributed by atoms with Crippen LogP contribution in [0, 0.1) is 5.92 Å². The van der Waals surface area contributed by atoms with Gasteiger partial charge in [-0.3, -0.25) is 9.69 Å². The highest BCUT2D eigenvalue weighted by Crippen LogP contribution is 2.34. The van der Waals surface area contributed by atoms with Gasteiger partial charge in [0.1, 0.15) is 0 Å². The van der Waals surface area contributed by atoms with Gasteiger partial charge in [-0.05, 0) is 50.3 Å². The van der Waals surface area contributed by atoms with Gasteiger partial charge < -0.3 is 9.88 Å². The van der Waals surface area contributed by atoms with E-state index in [4.69, 9.17) is 0 Å². The normalized spacial score (nSPS) is 22.0. The summed E-state index contributed by atoms with van der Waals surface area (Å²) < 4.78 is 0. The highest BCUT2D eigenvalue weighted by atomic mass is 32.1. The number of nitrogens with zero attached hydrogens (tertiary/aromatic N) is 3. The smallest absolute Gasteiger partial charge is 0.186 e. The van der Waals surface area contributed by atoms with Crippen molar-refractivity contribution in [2.75, 3.05) is 25.0 Å². The maximum absolute atomic E-state index is 13.2. The summed E-state index contributed by atoms with van der Waals surface area (Å²) in [6.45, 7) is 4.30. The molecule has 2 bridgehead atoms. The number of ketones is 1. The highest BCUT2D eigenvalue weighted by molar-refractivity contribution is 7.17. The Kier molecular flexibility index (Phi) is 6.33. The van der Waals surface area contributed by atoms with E-state index in [9.17, 15) is 4.79 Å². The summed E-state index contributed by atoms with van der Waals surface area (Å²) in [6.07, 6.45) is 11.5. The number of para-hydroxylation sites is 1. The molecule has 1 N–H and O–H groups in total. The fraction of sp³-hybridized carbons (Fsp3) is 0.538. The van der Waals surface area contributed by atoms with Gasteiger partial charge in [-0.15, -0.1) is 0 Å².